The summed E-state index contributed by atoms with van der Waals surface area (Å²) in [5, 5.41) is 3.44. The Balaban J connectivity index is 2.27. The molecule has 0 saturated carbocycles. The minimum absolute atomic E-state index is 0.840. The molecular formula is C14H11NOS. The van der Waals surface area contributed by atoms with Crippen molar-refractivity contribution in [3.8, 4) is 0 Å². The predicted molar refractivity (Wildman–Crippen MR) is 72.4 cm³/mol. The van der Waals surface area contributed by atoms with E-state index in [0.29, 0.717) is 0 Å². The molecule has 3 heteroatoms. The van der Waals surface area contributed by atoms with Gasteiger partial charge in [0.05, 0.1) is 10.7 Å². The molecule has 1 heterocycles. The van der Waals surface area contributed by atoms with Gasteiger partial charge >= 0.3 is 0 Å². The molecule has 0 aliphatic carbocycles. The van der Waals surface area contributed by atoms with Crippen molar-refractivity contribution >= 4 is 34.5 Å². The lowest BCUT2D eigenvalue weighted by atomic mass is 10.1. The zero-order valence-electron chi connectivity index (χ0n) is 9.38. The van der Waals surface area contributed by atoms with E-state index in [2.05, 4.69) is 29.2 Å². The summed E-state index contributed by atoms with van der Waals surface area (Å²) >= 11 is 1.64. The van der Waals surface area contributed by atoms with Gasteiger partial charge < -0.3 is 4.90 Å². The van der Waals surface area contributed by atoms with Crippen LogP contribution in [0.3, 0.4) is 0 Å². The summed E-state index contributed by atoms with van der Waals surface area (Å²) in [4.78, 5) is 13.9. The molecule has 2 nitrogen and oxygen atoms in total. The first-order valence-corrected chi connectivity index (χ1v) is 6.21. The van der Waals surface area contributed by atoms with E-state index in [1.165, 1.54) is 21.4 Å². The molecule has 2 aromatic carbocycles. The number of aldehydes is 1. The molecule has 0 atom stereocenters. The molecule has 0 amide bonds. The first kappa shape index (κ1) is 10.4. The van der Waals surface area contributed by atoms with E-state index in [9.17, 15) is 4.79 Å². The normalized spacial score (nSPS) is 16.5. The number of hydrogen-bond acceptors (Lipinski definition) is 3. The Hall–Kier alpha value is -1.74. The van der Waals surface area contributed by atoms with Crippen molar-refractivity contribution < 1.29 is 4.79 Å². The van der Waals surface area contributed by atoms with Crippen LogP contribution >= 0.6 is 11.8 Å². The zero-order chi connectivity index (χ0) is 11.8. The topological polar surface area (TPSA) is 20.3 Å². The maximum absolute atomic E-state index is 10.6. The monoisotopic (exact) mass is 241 g/mol. The standard InChI is InChI=1S/C14H11NOS/c1-15-13(8-9-16)17-12-7-6-10-4-2-3-5-11(10)14(12)15/h2-9H,1H3. The highest BCUT2D eigenvalue weighted by atomic mass is 32.2. The summed E-state index contributed by atoms with van der Waals surface area (Å²) in [5.74, 6) is 0. The number of thioether (sulfide) groups is 1. The molecule has 0 bridgehead atoms. The summed E-state index contributed by atoms with van der Waals surface area (Å²) in [5.41, 5.74) is 1.20. The van der Waals surface area contributed by atoms with Crippen LogP contribution in [-0.4, -0.2) is 13.3 Å². The lowest BCUT2D eigenvalue weighted by molar-refractivity contribution is -0.104. The summed E-state index contributed by atoms with van der Waals surface area (Å²) in [7, 11) is 2.00. The van der Waals surface area contributed by atoms with E-state index in [4.69, 9.17) is 0 Å². The lowest BCUT2D eigenvalue weighted by Gasteiger charge is -2.14. The zero-order valence-corrected chi connectivity index (χ0v) is 10.2. The van der Waals surface area contributed by atoms with E-state index < -0.39 is 0 Å². The molecule has 0 unspecified atom stereocenters. The number of carbonyl (C=O) groups is 1. The number of carbonyl (C=O) groups excluding carboxylic acids is 1. The van der Waals surface area contributed by atoms with Gasteiger partial charge in [-0.2, -0.15) is 0 Å². The number of anilines is 1. The van der Waals surface area contributed by atoms with Gasteiger partial charge in [0.25, 0.3) is 0 Å². The van der Waals surface area contributed by atoms with E-state index in [-0.39, 0.29) is 0 Å². The first-order valence-electron chi connectivity index (χ1n) is 5.40. The lowest BCUT2D eigenvalue weighted by Crippen LogP contribution is -2.10. The van der Waals surface area contributed by atoms with Crippen molar-refractivity contribution in [2.75, 3.05) is 11.9 Å². The summed E-state index contributed by atoms with van der Waals surface area (Å²) in [6, 6.07) is 12.6. The van der Waals surface area contributed by atoms with Gasteiger partial charge in [0.2, 0.25) is 0 Å². The number of hydrogen-bond donors (Lipinski definition) is 0. The molecule has 84 valence electrons. The third-order valence-corrected chi connectivity index (χ3v) is 4.12. The summed E-state index contributed by atoms with van der Waals surface area (Å²) < 4.78 is 0. The van der Waals surface area contributed by atoms with Gasteiger partial charge in [0, 0.05) is 23.4 Å². The highest BCUT2D eigenvalue weighted by Crippen LogP contribution is 2.48. The van der Waals surface area contributed by atoms with Crippen LogP contribution in [-0.2, 0) is 4.79 Å². The molecule has 0 aromatic heterocycles. The Labute approximate surface area is 104 Å². The van der Waals surface area contributed by atoms with Gasteiger partial charge in [0.1, 0.15) is 6.29 Å². The Morgan fingerprint density at radius 1 is 1.18 bits per heavy atom. The summed E-state index contributed by atoms with van der Waals surface area (Å²) in [6.07, 6.45) is 2.45. The molecule has 0 N–H and O–H groups in total. The predicted octanol–water partition coefficient (Wildman–Crippen LogP) is 3.42. The number of fused-ring (bicyclic) bond motifs is 3. The molecule has 0 saturated heterocycles. The SMILES string of the molecule is CN1C(=CC=O)Sc2ccc3ccccc3c21. The Kier molecular flexibility index (Phi) is 2.41. The number of benzene rings is 2. The number of allylic oxidation sites excluding steroid dienone is 1. The van der Waals surface area contributed by atoms with Crippen LogP contribution in [0.4, 0.5) is 5.69 Å². The van der Waals surface area contributed by atoms with Crippen LogP contribution < -0.4 is 4.90 Å². The average molecular weight is 241 g/mol. The third kappa shape index (κ3) is 1.54. The van der Waals surface area contributed by atoms with Crippen molar-refractivity contribution in [1.29, 1.82) is 0 Å². The molecule has 2 aromatic rings. The maximum Gasteiger partial charge on any atom is 0.145 e. The molecule has 0 fully saturated rings. The average Bonchev–Trinajstić information content (AvgIpc) is 2.67. The highest BCUT2D eigenvalue weighted by molar-refractivity contribution is 8.03. The molecule has 0 spiro atoms. The van der Waals surface area contributed by atoms with Gasteiger partial charge in [-0.3, -0.25) is 4.79 Å². The fourth-order valence-corrected chi connectivity index (χ4v) is 3.22. The van der Waals surface area contributed by atoms with Crippen LogP contribution in [0, 0.1) is 0 Å². The molecule has 0 radical (unpaired) electrons. The van der Waals surface area contributed by atoms with Crippen LogP contribution in [0.1, 0.15) is 0 Å². The van der Waals surface area contributed by atoms with Crippen LogP contribution in [0.5, 0.6) is 0 Å². The Bertz CT molecular complexity index is 633. The van der Waals surface area contributed by atoms with E-state index in [0.717, 1.165) is 11.3 Å². The van der Waals surface area contributed by atoms with E-state index in [1.54, 1.807) is 17.8 Å². The molecular weight excluding hydrogens is 230 g/mol. The second-order valence-electron chi connectivity index (χ2n) is 3.94. The third-order valence-electron chi connectivity index (χ3n) is 2.95. The minimum Gasteiger partial charge on any atom is -0.338 e. The minimum atomic E-state index is 0.840. The van der Waals surface area contributed by atoms with Gasteiger partial charge in [-0.05, 0) is 11.5 Å². The van der Waals surface area contributed by atoms with Crippen molar-refractivity contribution in [1.82, 2.24) is 0 Å². The van der Waals surface area contributed by atoms with E-state index in [1.807, 2.05) is 19.2 Å². The molecule has 17 heavy (non-hydrogen) atoms. The van der Waals surface area contributed by atoms with Crippen molar-refractivity contribution in [2.24, 2.45) is 0 Å². The van der Waals surface area contributed by atoms with Crippen LogP contribution in [0.2, 0.25) is 0 Å². The number of nitrogens with zero attached hydrogens (tertiary/aromatic N) is 1. The van der Waals surface area contributed by atoms with Crippen molar-refractivity contribution in [3.63, 3.8) is 0 Å². The quantitative estimate of drug-likeness (QED) is 0.563. The summed E-state index contributed by atoms with van der Waals surface area (Å²) in [6.45, 7) is 0. The highest BCUT2D eigenvalue weighted by Gasteiger charge is 2.23. The van der Waals surface area contributed by atoms with Gasteiger partial charge in [-0.1, -0.05) is 42.1 Å². The van der Waals surface area contributed by atoms with Crippen LogP contribution in [0.15, 0.2) is 52.4 Å². The molecule has 3 rings (SSSR count). The molecule has 1 aliphatic heterocycles. The van der Waals surface area contributed by atoms with Crippen molar-refractivity contribution in [2.45, 2.75) is 4.90 Å². The first-order chi connectivity index (χ1) is 8.31. The largest absolute Gasteiger partial charge is 0.338 e. The van der Waals surface area contributed by atoms with Gasteiger partial charge in [0.15, 0.2) is 0 Å². The maximum atomic E-state index is 10.6. The fraction of sp³-hybridized carbons (Fsp3) is 0.0714. The van der Waals surface area contributed by atoms with Crippen LogP contribution in [0.25, 0.3) is 10.8 Å². The molecule has 1 aliphatic rings. The second kappa shape index (κ2) is 3.93. The second-order valence-corrected chi connectivity index (χ2v) is 5.00. The van der Waals surface area contributed by atoms with E-state index >= 15 is 0 Å². The number of rotatable bonds is 1. The van der Waals surface area contributed by atoms with Gasteiger partial charge in [-0.25, -0.2) is 0 Å². The fourth-order valence-electron chi connectivity index (χ4n) is 2.16. The van der Waals surface area contributed by atoms with Crippen molar-refractivity contribution in [3.05, 3.63) is 47.5 Å². The smallest absolute Gasteiger partial charge is 0.145 e. The van der Waals surface area contributed by atoms with Gasteiger partial charge in [-0.15, -0.1) is 0 Å². The Morgan fingerprint density at radius 2 is 2.00 bits per heavy atom. The Morgan fingerprint density at radius 3 is 2.82 bits per heavy atom.